The maximum Gasteiger partial charge on any atom is 0.410 e. The topological polar surface area (TPSA) is 88.1 Å². The summed E-state index contributed by atoms with van der Waals surface area (Å²) in [5, 5.41) is 6.60. The molecule has 2 heterocycles. The molecule has 8 nitrogen and oxygen atoms in total. The molecule has 2 rings (SSSR count). The minimum Gasteiger partial charge on any atom is -0.496 e. The number of nitrogens with one attached hydrogen (secondary N) is 2. The van der Waals surface area contributed by atoms with Crippen molar-refractivity contribution in [2.24, 2.45) is 4.99 Å². The fraction of sp³-hybridized carbons (Fsp3) is 0.650. The number of hydrogen-bond acceptors (Lipinski definition) is 5. The second-order valence-corrected chi connectivity index (χ2v) is 7.97. The van der Waals surface area contributed by atoms with Crippen molar-refractivity contribution in [3.8, 4) is 5.75 Å². The Morgan fingerprint density at radius 2 is 2.04 bits per heavy atom. The van der Waals surface area contributed by atoms with Gasteiger partial charge in [0, 0.05) is 37.0 Å². The predicted octanol–water partition coefficient (Wildman–Crippen LogP) is 2.38. The lowest BCUT2D eigenvalue weighted by Gasteiger charge is -2.40. The van der Waals surface area contributed by atoms with Crippen molar-refractivity contribution in [1.82, 2.24) is 20.5 Å². The minimum absolute atomic E-state index is 0.145. The zero-order valence-corrected chi connectivity index (χ0v) is 18.0. The fourth-order valence-corrected chi connectivity index (χ4v) is 2.94. The molecule has 2 N–H and O–H groups in total. The van der Waals surface area contributed by atoms with Crippen LogP contribution < -0.4 is 15.4 Å². The van der Waals surface area contributed by atoms with E-state index in [2.05, 4.69) is 20.6 Å². The van der Waals surface area contributed by atoms with E-state index in [9.17, 15) is 4.79 Å². The van der Waals surface area contributed by atoms with E-state index in [1.165, 1.54) is 0 Å². The van der Waals surface area contributed by atoms with Gasteiger partial charge in [0.2, 0.25) is 0 Å². The number of rotatable bonds is 5. The molecule has 0 spiro atoms. The van der Waals surface area contributed by atoms with Crippen molar-refractivity contribution < 1.29 is 14.3 Å². The Hall–Kier alpha value is -2.51. The maximum atomic E-state index is 12.0. The van der Waals surface area contributed by atoms with E-state index in [0.29, 0.717) is 25.6 Å². The van der Waals surface area contributed by atoms with Crippen LogP contribution in [-0.4, -0.2) is 60.3 Å². The number of aromatic nitrogens is 1. The monoisotopic (exact) mass is 391 g/mol. The molecule has 28 heavy (non-hydrogen) atoms. The number of pyridine rings is 1. The second kappa shape index (κ2) is 9.12. The normalized spacial score (nSPS) is 15.1. The highest BCUT2D eigenvalue weighted by Crippen LogP contribution is 2.24. The molecule has 1 aromatic rings. The van der Waals surface area contributed by atoms with Gasteiger partial charge in [-0.3, -0.25) is 4.98 Å². The number of carbonyl (C=O) groups excluding carboxylic acids is 1. The third kappa shape index (κ3) is 5.74. The first kappa shape index (κ1) is 21.8. The summed E-state index contributed by atoms with van der Waals surface area (Å²) in [6.07, 6.45) is 1.53. The van der Waals surface area contributed by atoms with Crippen LogP contribution in [0.2, 0.25) is 0 Å². The molecule has 8 heteroatoms. The highest BCUT2D eigenvalue weighted by molar-refractivity contribution is 5.80. The van der Waals surface area contributed by atoms with Gasteiger partial charge >= 0.3 is 6.09 Å². The van der Waals surface area contributed by atoms with Gasteiger partial charge in [0.15, 0.2) is 5.96 Å². The number of aryl methyl sites for hydroxylation is 1. The van der Waals surface area contributed by atoms with Crippen LogP contribution in [0.3, 0.4) is 0 Å². The first-order valence-electron chi connectivity index (χ1n) is 9.66. The molecule has 0 atom stereocenters. The standard InChI is InChI=1S/C20H33N5O3/c1-8-21-18(23-10-16-14(3)17(27-7)13(2)9-22-16)24-15-11-25(12-15)19(26)28-20(4,5)6/h9,15H,8,10-12H2,1-7H3,(H2,21,23,24). The van der Waals surface area contributed by atoms with Gasteiger partial charge < -0.3 is 25.0 Å². The number of guanidine groups is 1. The van der Waals surface area contributed by atoms with Crippen molar-refractivity contribution in [2.75, 3.05) is 26.7 Å². The van der Waals surface area contributed by atoms with Crippen LogP contribution in [0.25, 0.3) is 0 Å². The van der Waals surface area contributed by atoms with Crippen LogP contribution in [-0.2, 0) is 11.3 Å². The minimum atomic E-state index is -0.480. The van der Waals surface area contributed by atoms with E-state index >= 15 is 0 Å². The van der Waals surface area contributed by atoms with Gasteiger partial charge in [-0.1, -0.05) is 0 Å². The van der Waals surface area contributed by atoms with E-state index in [-0.39, 0.29) is 12.1 Å². The summed E-state index contributed by atoms with van der Waals surface area (Å²) >= 11 is 0. The molecule has 0 saturated carbocycles. The molecule has 1 saturated heterocycles. The van der Waals surface area contributed by atoms with Gasteiger partial charge in [-0.05, 0) is 41.5 Å². The first-order valence-corrected chi connectivity index (χ1v) is 9.66. The molecular weight excluding hydrogens is 358 g/mol. The summed E-state index contributed by atoms with van der Waals surface area (Å²) in [5.41, 5.74) is 2.41. The third-order valence-corrected chi connectivity index (χ3v) is 4.36. The number of ether oxygens (including phenoxy) is 2. The van der Waals surface area contributed by atoms with Crippen molar-refractivity contribution >= 4 is 12.1 Å². The Morgan fingerprint density at radius 3 is 2.61 bits per heavy atom. The Balaban J connectivity index is 1.95. The lowest BCUT2D eigenvalue weighted by Crippen LogP contribution is -2.63. The number of hydrogen-bond donors (Lipinski definition) is 2. The molecule has 0 radical (unpaired) electrons. The van der Waals surface area contributed by atoms with Crippen molar-refractivity contribution in [2.45, 2.75) is 59.7 Å². The number of nitrogens with zero attached hydrogens (tertiary/aromatic N) is 3. The summed E-state index contributed by atoms with van der Waals surface area (Å²) in [7, 11) is 1.67. The SMILES string of the molecule is CCNC(=NCc1ncc(C)c(OC)c1C)NC1CN(C(=O)OC(C)(C)C)C1. The molecular formula is C20H33N5O3. The van der Waals surface area contributed by atoms with Crippen LogP contribution in [0.1, 0.15) is 44.5 Å². The van der Waals surface area contributed by atoms with Gasteiger partial charge in [0.05, 0.1) is 25.4 Å². The highest BCUT2D eigenvalue weighted by Gasteiger charge is 2.34. The largest absolute Gasteiger partial charge is 0.496 e. The quantitative estimate of drug-likeness (QED) is 0.592. The number of amides is 1. The number of likely N-dealkylation sites (tertiary alicyclic amines) is 1. The second-order valence-electron chi connectivity index (χ2n) is 7.97. The average Bonchev–Trinajstić information content (AvgIpc) is 2.55. The Labute approximate surface area is 167 Å². The molecule has 1 aliphatic rings. The summed E-state index contributed by atoms with van der Waals surface area (Å²) in [6.45, 7) is 14.0. The first-order chi connectivity index (χ1) is 13.1. The fourth-order valence-electron chi connectivity index (χ4n) is 2.94. The Bertz CT molecular complexity index is 721. The van der Waals surface area contributed by atoms with Crippen LogP contribution >= 0.6 is 0 Å². The molecule has 1 aliphatic heterocycles. The van der Waals surface area contributed by atoms with E-state index < -0.39 is 5.60 Å². The Kier molecular flexibility index (Phi) is 7.10. The number of aliphatic imine (C=N–C) groups is 1. The van der Waals surface area contributed by atoms with E-state index in [1.807, 2.05) is 47.7 Å². The van der Waals surface area contributed by atoms with E-state index in [1.54, 1.807) is 12.0 Å². The lowest BCUT2D eigenvalue weighted by molar-refractivity contribution is 0.00701. The molecule has 1 aromatic heterocycles. The molecule has 156 valence electrons. The van der Waals surface area contributed by atoms with Crippen molar-refractivity contribution in [3.05, 3.63) is 23.0 Å². The van der Waals surface area contributed by atoms with Gasteiger partial charge in [-0.15, -0.1) is 0 Å². The maximum absolute atomic E-state index is 12.0. The molecule has 1 amide bonds. The van der Waals surface area contributed by atoms with Crippen molar-refractivity contribution in [3.63, 3.8) is 0 Å². The molecule has 0 aliphatic carbocycles. The van der Waals surface area contributed by atoms with Gasteiger partial charge in [-0.25, -0.2) is 9.79 Å². The van der Waals surface area contributed by atoms with Crippen LogP contribution in [0.15, 0.2) is 11.2 Å². The molecule has 0 unspecified atom stereocenters. The summed E-state index contributed by atoms with van der Waals surface area (Å²) < 4.78 is 10.8. The van der Waals surface area contributed by atoms with Crippen LogP contribution in [0.5, 0.6) is 5.75 Å². The van der Waals surface area contributed by atoms with E-state index in [0.717, 1.165) is 29.1 Å². The van der Waals surface area contributed by atoms with Crippen LogP contribution in [0.4, 0.5) is 4.79 Å². The van der Waals surface area contributed by atoms with E-state index in [4.69, 9.17) is 9.47 Å². The lowest BCUT2D eigenvalue weighted by atomic mass is 10.1. The summed E-state index contributed by atoms with van der Waals surface area (Å²) in [6, 6.07) is 0.145. The highest BCUT2D eigenvalue weighted by atomic mass is 16.6. The summed E-state index contributed by atoms with van der Waals surface area (Å²) in [5.74, 6) is 1.56. The number of carbonyl (C=O) groups is 1. The van der Waals surface area contributed by atoms with Crippen molar-refractivity contribution in [1.29, 1.82) is 0 Å². The zero-order valence-electron chi connectivity index (χ0n) is 18.0. The molecule has 0 bridgehead atoms. The number of methoxy groups -OCH3 is 1. The summed E-state index contributed by atoms with van der Waals surface area (Å²) in [4.78, 5) is 22.9. The predicted molar refractivity (Wildman–Crippen MR) is 110 cm³/mol. The van der Waals surface area contributed by atoms with Gasteiger partial charge in [-0.2, -0.15) is 0 Å². The average molecular weight is 392 g/mol. The molecule has 0 aromatic carbocycles. The molecule has 1 fully saturated rings. The van der Waals surface area contributed by atoms with Crippen LogP contribution in [0, 0.1) is 13.8 Å². The van der Waals surface area contributed by atoms with Gasteiger partial charge in [0.1, 0.15) is 11.4 Å². The Morgan fingerprint density at radius 1 is 1.36 bits per heavy atom. The zero-order chi connectivity index (χ0) is 20.9. The smallest absolute Gasteiger partial charge is 0.410 e. The van der Waals surface area contributed by atoms with Gasteiger partial charge in [0.25, 0.3) is 0 Å². The third-order valence-electron chi connectivity index (χ3n) is 4.36.